The van der Waals surface area contributed by atoms with E-state index < -0.39 is 0 Å². The van der Waals surface area contributed by atoms with Gasteiger partial charge in [-0.1, -0.05) is 22.4 Å². The number of aromatic amines is 1. The topological polar surface area (TPSA) is 106 Å². The molecule has 2 amide bonds. The van der Waals surface area contributed by atoms with Crippen molar-refractivity contribution in [3.05, 3.63) is 58.4 Å². The molecule has 0 aliphatic carbocycles. The monoisotopic (exact) mass is 481 g/mol. The van der Waals surface area contributed by atoms with Crippen LogP contribution < -0.4 is 15.5 Å². The fourth-order valence-corrected chi connectivity index (χ4v) is 3.57. The molecular weight excluding hydrogens is 450 g/mol. The fraction of sp³-hybridized carbons (Fsp3) is 0.348. The number of nitrogens with one attached hydrogen (secondary N) is 3. The van der Waals surface area contributed by atoms with E-state index in [9.17, 15) is 4.79 Å². The van der Waals surface area contributed by atoms with Gasteiger partial charge in [-0.15, -0.1) is 0 Å². The highest BCUT2D eigenvalue weighted by atomic mass is 32.1. The van der Waals surface area contributed by atoms with Gasteiger partial charge in [-0.2, -0.15) is 10.3 Å². The molecule has 0 radical (unpaired) electrons. The lowest BCUT2D eigenvalue weighted by Gasteiger charge is -2.24. The molecule has 0 spiro atoms. The molecule has 2 aromatic carbocycles. The van der Waals surface area contributed by atoms with E-state index >= 15 is 0 Å². The molecular formula is C23H31N9OS. The molecule has 11 heteroatoms. The number of aromatic nitrogens is 4. The van der Waals surface area contributed by atoms with Crippen molar-refractivity contribution in [1.29, 1.82) is 0 Å². The molecule has 10 nitrogen and oxygen atoms in total. The standard InChI is InChI=1S/C23H31N9OS/c1-5-31(20-11-10-18(17(2)14-20)16-25-30(3)4)13-7-12-24-22(33)26-19-8-6-9-21(15-19)32-23(34)27-28-29-32/h6,8-11,14-16H,5,7,12-13H2,1-4H3,(H2,24,26,33)(H,27,29,34)/b25-16+. The Morgan fingerprint density at radius 1 is 1.26 bits per heavy atom. The normalized spacial score (nSPS) is 10.9. The molecule has 0 aliphatic heterocycles. The van der Waals surface area contributed by atoms with Crippen LogP contribution in [0.25, 0.3) is 5.69 Å². The van der Waals surface area contributed by atoms with Crippen LogP contribution in [0.2, 0.25) is 0 Å². The number of tetrazole rings is 1. The van der Waals surface area contributed by atoms with Crippen LogP contribution in [0.3, 0.4) is 0 Å². The first-order valence-electron chi connectivity index (χ1n) is 11.1. The molecule has 1 heterocycles. The maximum Gasteiger partial charge on any atom is 0.319 e. The lowest BCUT2D eigenvalue weighted by Crippen LogP contribution is -2.32. The van der Waals surface area contributed by atoms with Gasteiger partial charge in [-0.3, -0.25) is 0 Å². The van der Waals surface area contributed by atoms with Crippen LogP contribution >= 0.6 is 12.2 Å². The molecule has 0 atom stereocenters. The quantitative estimate of drug-likeness (QED) is 0.177. The molecule has 180 valence electrons. The van der Waals surface area contributed by atoms with Gasteiger partial charge in [-0.25, -0.2) is 9.48 Å². The first-order chi connectivity index (χ1) is 16.4. The van der Waals surface area contributed by atoms with Crippen molar-refractivity contribution in [3.63, 3.8) is 0 Å². The summed E-state index contributed by atoms with van der Waals surface area (Å²) in [5, 5.41) is 22.0. The van der Waals surface area contributed by atoms with Gasteiger partial charge in [0.15, 0.2) is 0 Å². The third-order valence-corrected chi connectivity index (χ3v) is 5.42. The zero-order chi connectivity index (χ0) is 24.5. The predicted molar refractivity (Wildman–Crippen MR) is 139 cm³/mol. The summed E-state index contributed by atoms with van der Waals surface area (Å²) < 4.78 is 1.87. The van der Waals surface area contributed by atoms with Gasteiger partial charge in [0.25, 0.3) is 0 Å². The summed E-state index contributed by atoms with van der Waals surface area (Å²) in [6.45, 7) is 6.50. The average Bonchev–Trinajstić information content (AvgIpc) is 3.24. The SMILES string of the molecule is CCN(CCCNC(=O)Nc1cccc(-n2[nH]nnc2=S)c1)c1ccc(/C=N/N(C)C)c(C)c1. The molecule has 0 unspecified atom stereocenters. The zero-order valence-corrected chi connectivity index (χ0v) is 20.8. The van der Waals surface area contributed by atoms with Crippen LogP contribution in [0.4, 0.5) is 16.2 Å². The third-order valence-electron chi connectivity index (χ3n) is 5.15. The van der Waals surface area contributed by atoms with E-state index in [0.717, 1.165) is 36.4 Å². The Kier molecular flexibility index (Phi) is 8.74. The number of nitrogens with zero attached hydrogens (tertiary/aromatic N) is 6. The second-order valence-corrected chi connectivity index (χ2v) is 8.28. The van der Waals surface area contributed by atoms with E-state index in [0.29, 0.717) is 17.0 Å². The molecule has 34 heavy (non-hydrogen) atoms. The van der Waals surface area contributed by atoms with Crippen molar-refractivity contribution in [2.24, 2.45) is 5.10 Å². The summed E-state index contributed by atoms with van der Waals surface area (Å²) in [4.78, 5) is 14.6. The number of hydrogen-bond acceptors (Lipinski definition) is 7. The van der Waals surface area contributed by atoms with E-state index in [2.05, 4.69) is 68.2 Å². The van der Waals surface area contributed by atoms with E-state index in [4.69, 9.17) is 12.2 Å². The minimum atomic E-state index is -0.257. The van der Waals surface area contributed by atoms with Gasteiger partial charge in [0, 0.05) is 45.1 Å². The highest BCUT2D eigenvalue weighted by Crippen LogP contribution is 2.19. The van der Waals surface area contributed by atoms with Gasteiger partial charge in [0.1, 0.15) is 0 Å². The predicted octanol–water partition coefficient (Wildman–Crippen LogP) is 3.57. The highest BCUT2D eigenvalue weighted by Gasteiger charge is 2.08. The van der Waals surface area contributed by atoms with Crippen LogP contribution in [-0.4, -0.2) is 71.2 Å². The van der Waals surface area contributed by atoms with Gasteiger partial charge in [0.2, 0.25) is 4.77 Å². The van der Waals surface area contributed by atoms with Gasteiger partial charge < -0.3 is 20.5 Å². The molecule has 0 bridgehead atoms. The molecule has 0 saturated heterocycles. The van der Waals surface area contributed by atoms with Crippen molar-refractivity contribution in [1.82, 2.24) is 30.5 Å². The maximum absolute atomic E-state index is 12.3. The molecule has 0 aliphatic rings. The van der Waals surface area contributed by atoms with Crippen molar-refractivity contribution in [2.75, 3.05) is 43.9 Å². The molecule has 0 fully saturated rings. The van der Waals surface area contributed by atoms with Gasteiger partial charge >= 0.3 is 6.03 Å². The van der Waals surface area contributed by atoms with Crippen molar-refractivity contribution in [2.45, 2.75) is 20.3 Å². The van der Waals surface area contributed by atoms with E-state index in [1.165, 1.54) is 5.56 Å². The van der Waals surface area contributed by atoms with E-state index in [1.54, 1.807) is 15.8 Å². The van der Waals surface area contributed by atoms with Gasteiger partial charge in [0.05, 0.1) is 11.9 Å². The number of rotatable bonds is 10. The Morgan fingerprint density at radius 3 is 2.76 bits per heavy atom. The first kappa shape index (κ1) is 24.9. The van der Waals surface area contributed by atoms with Crippen molar-refractivity contribution in [3.8, 4) is 5.69 Å². The number of hydrazone groups is 1. The molecule has 0 saturated carbocycles. The average molecular weight is 482 g/mol. The number of anilines is 2. The zero-order valence-electron chi connectivity index (χ0n) is 19.9. The van der Waals surface area contributed by atoms with Crippen LogP contribution in [-0.2, 0) is 0 Å². The fourth-order valence-electron chi connectivity index (χ4n) is 3.38. The number of hydrogen-bond donors (Lipinski definition) is 3. The van der Waals surface area contributed by atoms with Crippen LogP contribution in [0.1, 0.15) is 24.5 Å². The van der Waals surface area contributed by atoms with Crippen LogP contribution in [0.5, 0.6) is 0 Å². The number of carbonyl (C=O) groups is 1. The van der Waals surface area contributed by atoms with E-state index in [1.807, 2.05) is 38.5 Å². The van der Waals surface area contributed by atoms with Crippen molar-refractivity contribution >= 4 is 35.8 Å². The van der Waals surface area contributed by atoms with Gasteiger partial charge in [-0.05, 0) is 73.9 Å². The second kappa shape index (κ2) is 11.9. The lowest BCUT2D eigenvalue weighted by atomic mass is 10.1. The minimum Gasteiger partial charge on any atom is -0.372 e. The number of carbonyl (C=O) groups excluding carboxylic acids is 1. The smallest absolute Gasteiger partial charge is 0.319 e. The Hall–Kier alpha value is -3.73. The molecule has 1 aromatic heterocycles. The summed E-state index contributed by atoms with van der Waals surface area (Å²) in [6.07, 6.45) is 2.69. The lowest BCUT2D eigenvalue weighted by molar-refractivity contribution is 0.252. The number of benzene rings is 2. The third kappa shape index (κ3) is 6.88. The maximum atomic E-state index is 12.3. The summed E-state index contributed by atoms with van der Waals surface area (Å²) in [7, 11) is 3.80. The molecule has 3 N–H and O–H groups in total. The number of amides is 2. The largest absolute Gasteiger partial charge is 0.372 e. The Labute approximate surface area is 204 Å². The summed E-state index contributed by atoms with van der Waals surface area (Å²) in [5.74, 6) is 0. The highest BCUT2D eigenvalue weighted by molar-refractivity contribution is 7.71. The second-order valence-electron chi connectivity index (χ2n) is 7.92. The Balaban J connectivity index is 1.49. The number of urea groups is 1. The Bertz CT molecular complexity index is 1180. The van der Waals surface area contributed by atoms with E-state index in [-0.39, 0.29) is 6.03 Å². The van der Waals surface area contributed by atoms with Crippen LogP contribution in [0, 0.1) is 11.7 Å². The van der Waals surface area contributed by atoms with Crippen molar-refractivity contribution < 1.29 is 4.79 Å². The summed E-state index contributed by atoms with van der Waals surface area (Å²) in [6, 6.07) is 13.4. The first-order valence-corrected chi connectivity index (χ1v) is 11.5. The summed E-state index contributed by atoms with van der Waals surface area (Å²) >= 11 is 5.12. The Morgan fingerprint density at radius 2 is 2.09 bits per heavy atom. The number of H-pyrrole nitrogens is 1. The minimum absolute atomic E-state index is 0.257. The summed E-state index contributed by atoms with van der Waals surface area (Å²) in [5.41, 5.74) is 4.82. The molecule has 3 rings (SSSR count). The molecule has 3 aromatic rings. The van der Waals surface area contributed by atoms with Crippen LogP contribution in [0.15, 0.2) is 47.6 Å². The number of aryl methyl sites for hydroxylation is 1.